The average Bonchev–Trinajstić information content (AvgIpc) is 2.45. The Morgan fingerprint density at radius 2 is 2.10 bits per heavy atom. The Bertz CT molecular complexity index is 471. The number of alkyl halides is 1. The summed E-state index contributed by atoms with van der Waals surface area (Å²) in [6, 6.07) is 5.81. The molecule has 0 unspecified atom stereocenters. The van der Waals surface area contributed by atoms with E-state index >= 15 is 0 Å². The van der Waals surface area contributed by atoms with Gasteiger partial charge in [0.15, 0.2) is 0 Å². The number of carbonyl (C=O) groups is 1. The maximum absolute atomic E-state index is 12.5. The Balaban J connectivity index is 1.94. The van der Waals surface area contributed by atoms with Gasteiger partial charge in [0.1, 0.15) is 0 Å². The predicted molar refractivity (Wildman–Crippen MR) is 87.6 cm³/mol. The van der Waals surface area contributed by atoms with Gasteiger partial charge in [-0.3, -0.25) is 4.79 Å². The molecule has 20 heavy (non-hydrogen) atoms. The van der Waals surface area contributed by atoms with Crippen LogP contribution in [0.3, 0.4) is 0 Å². The molecule has 0 spiro atoms. The van der Waals surface area contributed by atoms with Crippen LogP contribution in [0.2, 0.25) is 0 Å². The molecule has 0 bridgehead atoms. The van der Waals surface area contributed by atoms with Gasteiger partial charge in [-0.25, -0.2) is 0 Å². The largest absolute Gasteiger partial charge is 0.377 e. The van der Waals surface area contributed by atoms with E-state index in [4.69, 9.17) is 4.74 Å². The van der Waals surface area contributed by atoms with Crippen LogP contribution in [0, 0.1) is 6.92 Å². The molecule has 1 heterocycles. The molecule has 0 radical (unpaired) electrons. The highest BCUT2D eigenvalue weighted by Gasteiger charge is 2.24. The third-order valence-electron chi connectivity index (χ3n) is 3.58. The first-order valence-corrected chi connectivity index (χ1v) is 8.76. The maximum atomic E-state index is 12.5. The number of piperidine rings is 1. The van der Waals surface area contributed by atoms with Crippen LogP contribution < -0.4 is 0 Å². The lowest BCUT2D eigenvalue weighted by Gasteiger charge is -2.32. The normalized spacial score (nSPS) is 16.4. The summed E-state index contributed by atoms with van der Waals surface area (Å²) in [7, 11) is 0. The topological polar surface area (TPSA) is 29.5 Å². The Kier molecular flexibility index (Phi) is 6.05. The molecule has 110 valence electrons. The van der Waals surface area contributed by atoms with Crippen molar-refractivity contribution >= 4 is 37.8 Å². The van der Waals surface area contributed by atoms with Gasteiger partial charge in [0, 0.05) is 28.5 Å². The van der Waals surface area contributed by atoms with E-state index < -0.39 is 0 Å². The number of ether oxygens (including phenoxy) is 1. The third kappa shape index (κ3) is 4.06. The molecular weight excluding hydrogens is 386 g/mol. The fourth-order valence-electron chi connectivity index (χ4n) is 2.47. The summed E-state index contributed by atoms with van der Waals surface area (Å²) in [5, 5.41) is 0.865. The van der Waals surface area contributed by atoms with Crippen LogP contribution in [0.5, 0.6) is 0 Å². The first-order chi connectivity index (χ1) is 9.61. The highest BCUT2D eigenvalue weighted by Crippen LogP contribution is 2.20. The second-order valence-corrected chi connectivity index (χ2v) is 6.72. The standard InChI is InChI=1S/C15H19Br2NO2/c1-11-10-12(17)2-3-14(11)15(19)18-7-4-13(5-8-18)20-9-6-16/h2-3,10,13H,4-9H2,1H3. The SMILES string of the molecule is Cc1cc(Br)ccc1C(=O)N1CCC(OCCBr)CC1. The van der Waals surface area contributed by atoms with E-state index in [1.54, 1.807) is 0 Å². The first kappa shape index (κ1) is 16.0. The molecule has 0 aliphatic carbocycles. The van der Waals surface area contributed by atoms with E-state index in [1.807, 2.05) is 30.0 Å². The summed E-state index contributed by atoms with van der Waals surface area (Å²) >= 11 is 6.79. The minimum atomic E-state index is 0.133. The second kappa shape index (κ2) is 7.57. The summed E-state index contributed by atoms with van der Waals surface area (Å²) in [6.45, 7) is 4.27. The molecule has 1 aromatic rings. The number of amides is 1. The van der Waals surface area contributed by atoms with Gasteiger partial charge in [-0.05, 0) is 43.5 Å². The number of likely N-dealkylation sites (tertiary alicyclic amines) is 1. The lowest BCUT2D eigenvalue weighted by atomic mass is 10.0. The van der Waals surface area contributed by atoms with Gasteiger partial charge in [-0.15, -0.1) is 0 Å². The zero-order valence-electron chi connectivity index (χ0n) is 11.6. The molecule has 0 atom stereocenters. The van der Waals surface area contributed by atoms with E-state index in [1.165, 1.54) is 0 Å². The molecular formula is C15H19Br2NO2. The average molecular weight is 405 g/mol. The van der Waals surface area contributed by atoms with E-state index in [0.717, 1.165) is 53.5 Å². The van der Waals surface area contributed by atoms with Gasteiger partial charge in [-0.2, -0.15) is 0 Å². The smallest absolute Gasteiger partial charge is 0.254 e. The molecule has 3 nitrogen and oxygen atoms in total. The van der Waals surface area contributed by atoms with Crippen LogP contribution in [-0.2, 0) is 4.74 Å². The van der Waals surface area contributed by atoms with Crippen molar-refractivity contribution in [2.75, 3.05) is 25.0 Å². The predicted octanol–water partition coefficient (Wildman–Crippen LogP) is 3.77. The highest BCUT2D eigenvalue weighted by molar-refractivity contribution is 9.10. The fraction of sp³-hybridized carbons (Fsp3) is 0.533. The van der Waals surface area contributed by atoms with Gasteiger partial charge in [0.05, 0.1) is 12.7 Å². The Labute approximate surface area is 136 Å². The molecule has 1 amide bonds. The van der Waals surface area contributed by atoms with Crippen molar-refractivity contribution in [3.8, 4) is 0 Å². The summed E-state index contributed by atoms with van der Waals surface area (Å²) in [5.41, 5.74) is 1.81. The second-order valence-electron chi connectivity index (χ2n) is 5.01. The van der Waals surface area contributed by atoms with Gasteiger partial charge in [-0.1, -0.05) is 31.9 Å². The van der Waals surface area contributed by atoms with Crippen LogP contribution in [0.4, 0.5) is 0 Å². The quantitative estimate of drug-likeness (QED) is 0.714. The van der Waals surface area contributed by atoms with Crippen LogP contribution in [-0.4, -0.2) is 41.9 Å². The maximum Gasteiger partial charge on any atom is 0.254 e. The van der Waals surface area contributed by atoms with E-state index in [0.29, 0.717) is 6.10 Å². The van der Waals surface area contributed by atoms with Crippen molar-refractivity contribution < 1.29 is 9.53 Å². The molecule has 1 aliphatic rings. The molecule has 2 rings (SSSR count). The monoisotopic (exact) mass is 403 g/mol. The van der Waals surface area contributed by atoms with Gasteiger partial charge >= 0.3 is 0 Å². The molecule has 1 aliphatic heterocycles. The molecule has 0 saturated carbocycles. The molecule has 5 heteroatoms. The van der Waals surface area contributed by atoms with Crippen LogP contribution in [0.1, 0.15) is 28.8 Å². The zero-order chi connectivity index (χ0) is 14.5. The minimum Gasteiger partial charge on any atom is -0.377 e. The van der Waals surface area contributed by atoms with E-state index in [9.17, 15) is 4.79 Å². The number of hydrogen-bond acceptors (Lipinski definition) is 2. The molecule has 0 aromatic heterocycles. The number of hydrogen-bond donors (Lipinski definition) is 0. The molecule has 1 saturated heterocycles. The van der Waals surface area contributed by atoms with Gasteiger partial charge < -0.3 is 9.64 Å². The Morgan fingerprint density at radius 1 is 1.40 bits per heavy atom. The summed E-state index contributed by atoms with van der Waals surface area (Å²) in [5.74, 6) is 0.133. The highest BCUT2D eigenvalue weighted by atomic mass is 79.9. The van der Waals surface area contributed by atoms with Crippen LogP contribution in [0.25, 0.3) is 0 Å². The molecule has 0 N–H and O–H groups in total. The van der Waals surface area contributed by atoms with Gasteiger partial charge in [0.25, 0.3) is 5.91 Å². The lowest BCUT2D eigenvalue weighted by molar-refractivity contribution is 0.0160. The van der Waals surface area contributed by atoms with Crippen molar-refractivity contribution in [1.29, 1.82) is 0 Å². The van der Waals surface area contributed by atoms with Gasteiger partial charge in [0.2, 0.25) is 0 Å². The molecule has 1 fully saturated rings. The number of benzene rings is 1. The first-order valence-electron chi connectivity index (χ1n) is 6.85. The lowest BCUT2D eigenvalue weighted by Crippen LogP contribution is -2.41. The summed E-state index contributed by atoms with van der Waals surface area (Å²) in [4.78, 5) is 14.4. The molecule has 1 aromatic carbocycles. The summed E-state index contributed by atoms with van der Waals surface area (Å²) < 4.78 is 6.72. The third-order valence-corrected chi connectivity index (χ3v) is 4.40. The number of carbonyl (C=O) groups excluding carboxylic acids is 1. The number of aryl methyl sites for hydroxylation is 1. The number of nitrogens with zero attached hydrogens (tertiary/aromatic N) is 1. The van der Waals surface area contributed by atoms with Crippen molar-refractivity contribution in [2.45, 2.75) is 25.9 Å². The van der Waals surface area contributed by atoms with E-state index in [-0.39, 0.29) is 5.91 Å². The van der Waals surface area contributed by atoms with Crippen molar-refractivity contribution in [1.82, 2.24) is 4.90 Å². The van der Waals surface area contributed by atoms with Crippen LogP contribution in [0.15, 0.2) is 22.7 Å². The van der Waals surface area contributed by atoms with Crippen LogP contribution >= 0.6 is 31.9 Å². The Hall–Kier alpha value is -0.390. The van der Waals surface area contributed by atoms with Crippen molar-refractivity contribution in [3.05, 3.63) is 33.8 Å². The zero-order valence-corrected chi connectivity index (χ0v) is 14.7. The summed E-state index contributed by atoms with van der Waals surface area (Å²) in [6.07, 6.45) is 2.14. The number of rotatable bonds is 4. The van der Waals surface area contributed by atoms with Crippen molar-refractivity contribution in [3.63, 3.8) is 0 Å². The Morgan fingerprint density at radius 3 is 2.70 bits per heavy atom. The van der Waals surface area contributed by atoms with E-state index in [2.05, 4.69) is 31.9 Å². The number of halogens is 2. The fourth-order valence-corrected chi connectivity index (χ4v) is 3.14. The van der Waals surface area contributed by atoms with Crippen molar-refractivity contribution in [2.24, 2.45) is 0 Å². The minimum absolute atomic E-state index is 0.133.